The van der Waals surface area contributed by atoms with Gasteiger partial charge in [-0.1, -0.05) is 30.3 Å². The largest absolute Gasteiger partial charge is 0.455 e. The van der Waals surface area contributed by atoms with Crippen molar-refractivity contribution in [2.24, 2.45) is 0 Å². The molecule has 2 rings (SSSR count). The van der Waals surface area contributed by atoms with Crippen LogP contribution in [0.15, 0.2) is 54.6 Å². The number of carbonyl (C=O) groups excluding carboxylic acids is 3. The SMILES string of the molecule is CC(C)(C(=O)OCC(=O)NC(=O)c1ccc(OC(F)F)cc1)c1ccccc1. The van der Waals surface area contributed by atoms with E-state index >= 15 is 0 Å². The van der Waals surface area contributed by atoms with Crippen molar-refractivity contribution in [2.45, 2.75) is 25.9 Å². The summed E-state index contributed by atoms with van der Waals surface area (Å²) >= 11 is 0. The van der Waals surface area contributed by atoms with E-state index < -0.39 is 36.4 Å². The maximum absolute atomic E-state index is 12.3. The molecule has 2 aromatic rings. The van der Waals surface area contributed by atoms with Gasteiger partial charge in [-0.3, -0.25) is 19.7 Å². The summed E-state index contributed by atoms with van der Waals surface area (Å²) in [6, 6.07) is 13.7. The summed E-state index contributed by atoms with van der Waals surface area (Å²) in [5.74, 6) is -2.30. The van der Waals surface area contributed by atoms with Crippen LogP contribution in [-0.4, -0.2) is 31.0 Å². The second-order valence-electron chi connectivity index (χ2n) is 6.35. The topological polar surface area (TPSA) is 81.7 Å². The van der Waals surface area contributed by atoms with Gasteiger partial charge in [0.2, 0.25) is 0 Å². The highest BCUT2D eigenvalue weighted by atomic mass is 19.3. The lowest BCUT2D eigenvalue weighted by molar-refractivity contribution is -0.153. The third kappa shape index (κ3) is 5.60. The number of alkyl halides is 2. The highest BCUT2D eigenvalue weighted by Gasteiger charge is 2.31. The normalized spacial score (nSPS) is 11.0. The maximum atomic E-state index is 12.3. The molecule has 0 atom stereocenters. The molecule has 2 amide bonds. The third-order valence-electron chi connectivity index (χ3n) is 3.93. The number of hydrogen-bond donors (Lipinski definition) is 1. The van der Waals surface area contributed by atoms with Crippen LogP contribution >= 0.6 is 0 Å². The summed E-state index contributed by atoms with van der Waals surface area (Å²) in [5.41, 5.74) is -0.181. The number of hydrogen-bond acceptors (Lipinski definition) is 5. The molecule has 148 valence electrons. The van der Waals surface area contributed by atoms with Gasteiger partial charge in [0.05, 0.1) is 5.41 Å². The first-order valence-electron chi connectivity index (χ1n) is 8.32. The number of halogens is 2. The lowest BCUT2D eigenvalue weighted by atomic mass is 9.85. The quantitative estimate of drug-likeness (QED) is 0.734. The smallest absolute Gasteiger partial charge is 0.387 e. The van der Waals surface area contributed by atoms with Crippen LogP contribution in [0.25, 0.3) is 0 Å². The Balaban J connectivity index is 1.88. The van der Waals surface area contributed by atoms with Crippen LogP contribution in [0.3, 0.4) is 0 Å². The second-order valence-corrected chi connectivity index (χ2v) is 6.35. The van der Waals surface area contributed by atoms with E-state index in [9.17, 15) is 23.2 Å². The molecule has 1 N–H and O–H groups in total. The third-order valence-corrected chi connectivity index (χ3v) is 3.93. The standard InChI is InChI=1S/C20H19F2NO5/c1-20(2,14-6-4-3-5-7-14)18(26)27-12-16(24)23-17(25)13-8-10-15(11-9-13)28-19(21)22/h3-11,19H,12H2,1-2H3,(H,23,24,25). The Morgan fingerprint density at radius 1 is 1.00 bits per heavy atom. The molecular weight excluding hydrogens is 372 g/mol. The van der Waals surface area contributed by atoms with E-state index in [1.807, 2.05) is 6.07 Å². The Morgan fingerprint density at radius 2 is 1.61 bits per heavy atom. The molecule has 0 aliphatic rings. The second kappa shape index (κ2) is 9.07. The van der Waals surface area contributed by atoms with E-state index in [0.717, 1.165) is 5.56 Å². The molecule has 0 spiro atoms. The molecule has 8 heteroatoms. The summed E-state index contributed by atoms with van der Waals surface area (Å²) in [4.78, 5) is 36.2. The van der Waals surface area contributed by atoms with Crippen LogP contribution in [0, 0.1) is 0 Å². The zero-order valence-corrected chi connectivity index (χ0v) is 15.3. The summed E-state index contributed by atoms with van der Waals surface area (Å²) in [6.07, 6.45) is 0. The molecule has 0 aliphatic heterocycles. The van der Waals surface area contributed by atoms with E-state index in [0.29, 0.717) is 0 Å². The van der Waals surface area contributed by atoms with Crippen molar-refractivity contribution in [3.05, 3.63) is 65.7 Å². The zero-order chi connectivity index (χ0) is 20.7. The minimum Gasteiger partial charge on any atom is -0.455 e. The first-order valence-corrected chi connectivity index (χ1v) is 8.32. The van der Waals surface area contributed by atoms with Gasteiger partial charge >= 0.3 is 12.6 Å². The molecule has 2 aromatic carbocycles. The van der Waals surface area contributed by atoms with E-state index in [4.69, 9.17) is 4.74 Å². The predicted molar refractivity (Wildman–Crippen MR) is 96.0 cm³/mol. The van der Waals surface area contributed by atoms with Crippen molar-refractivity contribution in [1.29, 1.82) is 0 Å². The van der Waals surface area contributed by atoms with Crippen LogP contribution in [-0.2, 0) is 19.7 Å². The number of ether oxygens (including phenoxy) is 2. The Kier molecular flexibility index (Phi) is 6.81. The molecule has 0 aromatic heterocycles. The number of imide groups is 1. The summed E-state index contributed by atoms with van der Waals surface area (Å²) in [5, 5.41) is 2.06. The first-order chi connectivity index (χ1) is 13.2. The fourth-order valence-corrected chi connectivity index (χ4v) is 2.31. The van der Waals surface area contributed by atoms with Crippen molar-refractivity contribution in [3.63, 3.8) is 0 Å². The van der Waals surface area contributed by atoms with E-state index in [2.05, 4.69) is 10.1 Å². The minimum absolute atomic E-state index is 0.0610. The summed E-state index contributed by atoms with van der Waals surface area (Å²) in [7, 11) is 0. The molecule has 0 heterocycles. The lowest BCUT2D eigenvalue weighted by Gasteiger charge is -2.22. The molecule has 0 fully saturated rings. The van der Waals surface area contributed by atoms with Gasteiger partial charge < -0.3 is 9.47 Å². The van der Waals surface area contributed by atoms with Crippen molar-refractivity contribution in [3.8, 4) is 5.75 Å². The average molecular weight is 391 g/mol. The summed E-state index contributed by atoms with van der Waals surface area (Å²) in [6.45, 7) is -0.281. The van der Waals surface area contributed by atoms with Gasteiger partial charge in [-0.15, -0.1) is 0 Å². The predicted octanol–water partition coefficient (Wildman–Crippen LogP) is 3.07. The van der Waals surface area contributed by atoms with Gasteiger partial charge in [0, 0.05) is 5.56 Å². The van der Waals surface area contributed by atoms with Gasteiger partial charge in [0.1, 0.15) is 5.75 Å². The molecule has 6 nitrogen and oxygen atoms in total. The van der Waals surface area contributed by atoms with E-state index in [1.54, 1.807) is 38.1 Å². The number of benzene rings is 2. The zero-order valence-electron chi connectivity index (χ0n) is 15.3. The van der Waals surface area contributed by atoms with E-state index in [1.165, 1.54) is 24.3 Å². The fourth-order valence-electron chi connectivity index (χ4n) is 2.31. The first kappa shape index (κ1) is 21.0. The highest BCUT2D eigenvalue weighted by molar-refractivity contribution is 6.05. The average Bonchev–Trinajstić information content (AvgIpc) is 2.66. The molecular formula is C20H19F2NO5. The number of amides is 2. The van der Waals surface area contributed by atoms with Crippen LogP contribution in [0.1, 0.15) is 29.8 Å². The Hall–Kier alpha value is -3.29. The van der Waals surface area contributed by atoms with Crippen LogP contribution in [0.5, 0.6) is 5.75 Å². The minimum atomic E-state index is -2.98. The molecule has 0 saturated heterocycles. The van der Waals surface area contributed by atoms with Crippen LogP contribution < -0.4 is 10.1 Å². The summed E-state index contributed by atoms with van der Waals surface area (Å²) < 4.78 is 33.4. The molecule has 0 bridgehead atoms. The Morgan fingerprint density at radius 3 is 2.18 bits per heavy atom. The molecule has 0 saturated carbocycles. The number of rotatable bonds is 7. The van der Waals surface area contributed by atoms with Crippen molar-refractivity contribution < 1.29 is 32.6 Å². The number of esters is 1. The maximum Gasteiger partial charge on any atom is 0.387 e. The molecule has 0 radical (unpaired) electrons. The number of carbonyl (C=O) groups is 3. The Labute approximate surface area is 160 Å². The van der Waals surface area contributed by atoms with E-state index in [-0.39, 0.29) is 11.3 Å². The van der Waals surface area contributed by atoms with Gasteiger partial charge in [0.15, 0.2) is 6.61 Å². The molecule has 0 aliphatic carbocycles. The van der Waals surface area contributed by atoms with Crippen molar-refractivity contribution in [2.75, 3.05) is 6.61 Å². The fraction of sp³-hybridized carbons (Fsp3) is 0.250. The van der Waals surface area contributed by atoms with Gasteiger partial charge in [-0.2, -0.15) is 8.78 Å². The van der Waals surface area contributed by atoms with Gasteiger partial charge in [-0.05, 0) is 43.7 Å². The van der Waals surface area contributed by atoms with Gasteiger partial charge in [-0.25, -0.2) is 0 Å². The monoisotopic (exact) mass is 391 g/mol. The highest BCUT2D eigenvalue weighted by Crippen LogP contribution is 2.24. The Bertz CT molecular complexity index is 835. The lowest BCUT2D eigenvalue weighted by Crippen LogP contribution is -2.37. The molecule has 0 unspecified atom stereocenters. The van der Waals surface area contributed by atoms with Gasteiger partial charge in [0.25, 0.3) is 11.8 Å². The number of nitrogens with one attached hydrogen (secondary N) is 1. The van der Waals surface area contributed by atoms with Crippen LogP contribution in [0.4, 0.5) is 8.78 Å². The van der Waals surface area contributed by atoms with Crippen molar-refractivity contribution >= 4 is 17.8 Å². The van der Waals surface area contributed by atoms with Crippen molar-refractivity contribution in [1.82, 2.24) is 5.32 Å². The van der Waals surface area contributed by atoms with Crippen LogP contribution in [0.2, 0.25) is 0 Å². The molecule has 28 heavy (non-hydrogen) atoms.